The van der Waals surface area contributed by atoms with E-state index in [-0.39, 0.29) is 11.9 Å². The van der Waals surface area contributed by atoms with Crippen LogP contribution < -0.4 is 5.32 Å². The van der Waals surface area contributed by atoms with Crippen molar-refractivity contribution < 1.29 is 9.21 Å². The molecule has 0 saturated carbocycles. The number of rotatable bonds is 6. The largest absolute Gasteiger partial charge is 0.472 e. The first-order valence-corrected chi connectivity index (χ1v) is 5.57. The summed E-state index contributed by atoms with van der Waals surface area (Å²) in [6, 6.07) is 2.22. The highest BCUT2D eigenvalue weighted by Gasteiger charge is 2.06. The third-order valence-electron chi connectivity index (χ3n) is 2.56. The fraction of sp³-hybridized carbons (Fsp3) is 0.583. The summed E-state index contributed by atoms with van der Waals surface area (Å²) in [5.41, 5.74) is 1.14. The molecule has 1 aromatic rings. The second-order valence-corrected chi connectivity index (χ2v) is 4.12. The molecule has 4 heteroatoms. The number of nitrogens with one attached hydrogen (secondary N) is 1. The molecule has 0 radical (unpaired) electrons. The van der Waals surface area contributed by atoms with Crippen molar-refractivity contribution >= 4 is 5.91 Å². The Kier molecular flexibility index (Phi) is 5.05. The number of carbonyl (C=O) groups is 1. The van der Waals surface area contributed by atoms with Gasteiger partial charge in [0.05, 0.1) is 12.5 Å². The van der Waals surface area contributed by atoms with Crippen LogP contribution in [0.3, 0.4) is 0 Å². The van der Waals surface area contributed by atoms with E-state index < -0.39 is 0 Å². The molecule has 0 aliphatic rings. The molecule has 0 spiro atoms. The molecule has 16 heavy (non-hydrogen) atoms. The molecule has 0 aliphatic carbocycles. The van der Waals surface area contributed by atoms with E-state index in [4.69, 9.17) is 4.42 Å². The molecule has 1 rings (SSSR count). The average molecular weight is 224 g/mol. The molecule has 0 bridgehead atoms. The zero-order valence-electron chi connectivity index (χ0n) is 10.2. The van der Waals surface area contributed by atoms with Crippen molar-refractivity contribution in [2.24, 2.45) is 0 Å². The van der Waals surface area contributed by atoms with Crippen LogP contribution in [0.2, 0.25) is 0 Å². The number of hydrogen-bond acceptors (Lipinski definition) is 3. The molecule has 4 nitrogen and oxygen atoms in total. The first-order chi connectivity index (χ1) is 7.61. The predicted molar refractivity (Wildman–Crippen MR) is 63.1 cm³/mol. The number of amides is 1. The highest BCUT2D eigenvalue weighted by atomic mass is 16.3. The number of furan rings is 1. The number of carbonyl (C=O) groups excluding carboxylic acids is 1. The molecule has 90 valence electrons. The van der Waals surface area contributed by atoms with Crippen LogP contribution in [0.5, 0.6) is 0 Å². The Hall–Kier alpha value is -1.29. The Morgan fingerprint density at radius 2 is 2.31 bits per heavy atom. The zero-order valence-corrected chi connectivity index (χ0v) is 10.2. The summed E-state index contributed by atoms with van der Waals surface area (Å²) in [5, 5.41) is 3.35. The molecule has 1 N–H and O–H groups in total. The fourth-order valence-electron chi connectivity index (χ4n) is 1.42. The van der Waals surface area contributed by atoms with E-state index >= 15 is 0 Å². The molecule has 1 aromatic heterocycles. The number of hydrogen-bond donors (Lipinski definition) is 1. The average Bonchev–Trinajstić information content (AvgIpc) is 2.76. The summed E-state index contributed by atoms with van der Waals surface area (Å²) in [7, 11) is 3.56. The molecular weight excluding hydrogens is 204 g/mol. The smallest absolute Gasteiger partial charge is 0.222 e. The molecular formula is C12H20N2O2. The fourth-order valence-corrected chi connectivity index (χ4v) is 1.42. The lowest BCUT2D eigenvalue weighted by Gasteiger charge is -2.13. The van der Waals surface area contributed by atoms with Gasteiger partial charge in [-0.3, -0.25) is 4.79 Å². The molecule has 0 fully saturated rings. The van der Waals surface area contributed by atoms with Crippen LogP contribution >= 0.6 is 0 Å². The summed E-state index contributed by atoms with van der Waals surface area (Å²) in [5.74, 6) is 0.178. The predicted octanol–water partition coefficient (Wildman–Crippen LogP) is 1.80. The van der Waals surface area contributed by atoms with Crippen LogP contribution in [0.1, 0.15) is 31.4 Å². The third kappa shape index (κ3) is 4.06. The van der Waals surface area contributed by atoms with Gasteiger partial charge in [0.1, 0.15) is 0 Å². The van der Waals surface area contributed by atoms with Crippen molar-refractivity contribution in [3.05, 3.63) is 24.2 Å². The van der Waals surface area contributed by atoms with Gasteiger partial charge in [0.15, 0.2) is 0 Å². The normalized spacial score (nSPS) is 12.4. The van der Waals surface area contributed by atoms with Crippen molar-refractivity contribution in [2.75, 3.05) is 20.6 Å². The quantitative estimate of drug-likeness (QED) is 0.749. The maximum atomic E-state index is 11.3. The standard InChI is InChI=1S/C12H20N2O2/c1-10(11-6-8-16-9-11)13-7-4-5-12(15)14(2)3/h6,8-10,13H,4-5,7H2,1-3H3. The summed E-state index contributed by atoms with van der Waals surface area (Å²) in [6.45, 7) is 2.92. The monoisotopic (exact) mass is 224 g/mol. The Bertz CT molecular complexity index is 307. The highest BCUT2D eigenvalue weighted by molar-refractivity contribution is 5.75. The van der Waals surface area contributed by atoms with E-state index in [0.717, 1.165) is 18.5 Å². The SMILES string of the molecule is CC(NCCCC(=O)N(C)C)c1ccoc1. The summed E-state index contributed by atoms with van der Waals surface area (Å²) >= 11 is 0. The first-order valence-electron chi connectivity index (χ1n) is 5.57. The van der Waals surface area contributed by atoms with Crippen molar-refractivity contribution in [3.8, 4) is 0 Å². The molecule has 0 saturated heterocycles. The van der Waals surface area contributed by atoms with Gasteiger partial charge in [-0.1, -0.05) is 0 Å². The molecule has 1 amide bonds. The van der Waals surface area contributed by atoms with Gasteiger partial charge < -0.3 is 14.6 Å². The van der Waals surface area contributed by atoms with Crippen molar-refractivity contribution in [2.45, 2.75) is 25.8 Å². The maximum Gasteiger partial charge on any atom is 0.222 e. The van der Waals surface area contributed by atoms with Crippen molar-refractivity contribution in [1.82, 2.24) is 10.2 Å². The van der Waals surface area contributed by atoms with Gasteiger partial charge in [-0.15, -0.1) is 0 Å². The van der Waals surface area contributed by atoms with Crippen LogP contribution in [0.4, 0.5) is 0 Å². The van der Waals surface area contributed by atoms with Gasteiger partial charge in [-0.2, -0.15) is 0 Å². The van der Waals surface area contributed by atoms with Gasteiger partial charge in [0, 0.05) is 32.1 Å². The Balaban J connectivity index is 2.14. The van der Waals surface area contributed by atoms with Gasteiger partial charge in [-0.25, -0.2) is 0 Å². The van der Waals surface area contributed by atoms with E-state index in [1.165, 1.54) is 0 Å². The minimum atomic E-state index is 0.178. The van der Waals surface area contributed by atoms with Crippen molar-refractivity contribution in [3.63, 3.8) is 0 Å². The van der Waals surface area contributed by atoms with E-state index in [2.05, 4.69) is 12.2 Å². The van der Waals surface area contributed by atoms with Crippen LogP contribution in [-0.4, -0.2) is 31.4 Å². The lowest BCUT2D eigenvalue weighted by Crippen LogP contribution is -2.24. The minimum absolute atomic E-state index is 0.178. The van der Waals surface area contributed by atoms with E-state index in [0.29, 0.717) is 6.42 Å². The van der Waals surface area contributed by atoms with E-state index in [9.17, 15) is 4.79 Å². The van der Waals surface area contributed by atoms with Crippen molar-refractivity contribution in [1.29, 1.82) is 0 Å². The molecule has 1 atom stereocenters. The molecule has 0 aromatic carbocycles. The zero-order chi connectivity index (χ0) is 12.0. The van der Waals surface area contributed by atoms with Gasteiger partial charge in [0.25, 0.3) is 0 Å². The highest BCUT2D eigenvalue weighted by Crippen LogP contribution is 2.11. The van der Waals surface area contributed by atoms with Crippen LogP contribution in [0.25, 0.3) is 0 Å². The van der Waals surface area contributed by atoms with E-state index in [1.54, 1.807) is 31.5 Å². The summed E-state index contributed by atoms with van der Waals surface area (Å²) in [4.78, 5) is 12.9. The van der Waals surface area contributed by atoms with Gasteiger partial charge >= 0.3 is 0 Å². The Labute approximate surface area is 96.6 Å². The lowest BCUT2D eigenvalue weighted by molar-refractivity contribution is -0.128. The molecule has 1 unspecified atom stereocenters. The van der Waals surface area contributed by atoms with Crippen LogP contribution in [0.15, 0.2) is 23.0 Å². The second-order valence-electron chi connectivity index (χ2n) is 4.12. The maximum absolute atomic E-state index is 11.3. The van der Waals surface area contributed by atoms with E-state index in [1.807, 2.05) is 6.07 Å². The topological polar surface area (TPSA) is 45.5 Å². The third-order valence-corrected chi connectivity index (χ3v) is 2.56. The van der Waals surface area contributed by atoms with Crippen LogP contribution in [0, 0.1) is 0 Å². The summed E-state index contributed by atoms with van der Waals surface area (Å²) < 4.78 is 5.01. The number of nitrogens with zero attached hydrogens (tertiary/aromatic N) is 1. The minimum Gasteiger partial charge on any atom is -0.472 e. The summed E-state index contributed by atoms with van der Waals surface area (Å²) in [6.07, 6.45) is 4.86. The lowest BCUT2D eigenvalue weighted by atomic mass is 10.2. The second kappa shape index (κ2) is 6.33. The van der Waals surface area contributed by atoms with Gasteiger partial charge in [0.2, 0.25) is 5.91 Å². The van der Waals surface area contributed by atoms with Gasteiger partial charge in [-0.05, 0) is 26.0 Å². The first kappa shape index (κ1) is 12.8. The Morgan fingerprint density at radius 1 is 1.56 bits per heavy atom. The Morgan fingerprint density at radius 3 is 2.88 bits per heavy atom. The van der Waals surface area contributed by atoms with Crippen LogP contribution in [-0.2, 0) is 4.79 Å². The molecule has 0 aliphatic heterocycles. The molecule has 1 heterocycles.